The Balaban J connectivity index is 1.18. The predicted molar refractivity (Wildman–Crippen MR) is 138 cm³/mol. The van der Waals surface area contributed by atoms with Crippen molar-refractivity contribution in [2.45, 2.75) is 0 Å². The Labute approximate surface area is 207 Å². The number of fused-ring (bicyclic) bond motifs is 1. The van der Waals surface area contributed by atoms with Crippen molar-refractivity contribution in [3.05, 3.63) is 84.4 Å². The molecule has 0 saturated carbocycles. The third-order valence-corrected chi connectivity index (χ3v) is 6.09. The lowest BCUT2D eigenvalue weighted by molar-refractivity contribution is 0.472. The van der Waals surface area contributed by atoms with Gasteiger partial charge in [0, 0.05) is 49.5 Å². The summed E-state index contributed by atoms with van der Waals surface area (Å²) in [6.07, 6.45) is 5.20. The minimum atomic E-state index is 0.298. The Morgan fingerprint density at radius 2 is 1.67 bits per heavy atom. The van der Waals surface area contributed by atoms with Gasteiger partial charge in [-0.2, -0.15) is 5.10 Å². The Morgan fingerprint density at radius 3 is 2.56 bits per heavy atom. The zero-order chi connectivity index (χ0) is 24.3. The lowest BCUT2D eigenvalue weighted by atomic mass is 10.1. The molecule has 0 unspecified atom stereocenters. The highest BCUT2D eigenvalue weighted by Gasteiger charge is 2.21. The lowest BCUT2D eigenvalue weighted by Gasteiger charge is -2.36. The number of H-pyrrole nitrogens is 1. The first-order valence-corrected chi connectivity index (χ1v) is 11.6. The van der Waals surface area contributed by atoms with Crippen LogP contribution in [0.3, 0.4) is 0 Å². The van der Waals surface area contributed by atoms with E-state index in [0.29, 0.717) is 28.9 Å². The van der Waals surface area contributed by atoms with Crippen LogP contribution in [0.5, 0.6) is 5.75 Å². The third kappa shape index (κ3) is 4.40. The van der Waals surface area contributed by atoms with E-state index in [1.165, 1.54) is 0 Å². The Hall–Kier alpha value is -4.97. The molecule has 5 aromatic rings. The van der Waals surface area contributed by atoms with Gasteiger partial charge in [-0.1, -0.05) is 18.1 Å². The zero-order valence-corrected chi connectivity index (χ0v) is 19.3. The molecule has 6 rings (SSSR count). The second-order valence-electron chi connectivity index (χ2n) is 8.39. The van der Waals surface area contributed by atoms with Crippen LogP contribution in [0.2, 0.25) is 0 Å². The van der Waals surface area contributed by atoms with E-state index in [1.54, 1.807) is 36.8 Å². The SMILES string of the molecule is Oc1ccccc1N1CCN(c2nccc(-c3nccc(C#Cc4ccc5[nH]ncc5c4)n3)n2)CC1. The van der Waals surface area contributed by atoms with Crippen LogP contribution in [0, 0.1) is 11.8 Å². The van der Waals surface area contributed by atoms with Gasteiger partial charge in [0.25, 0.3) is 0 Å². The number of rotatable bonds is 3. The van der Waals surface area contributed by atoms with Gasteiger partial charge in [0.15, 0.2) is 5.82 Å². The first-order valence-electron chi connectivity index (χ1n) is 11.6. The number of aromatic amines is 1. The molecule has 9 nitrogen and oxygen atoms in total. The van der Waals surface area contributed by atoms with Crippen molar-refractivity contribution in [1.29, 1.82) is 0 Å². The topological polar surface area (TPSA) is 107 Å². The molecule has 2 N–H and O–H groups in total. The van der Waals surface area contributed by atoms with Crippen molar-refractivity contribution >= 4 is 22.5 Å². The molecule has 0 bridgehead atoms. The van der Waals surface area contributed by atoms with Gasteiger partial charge in [-0.3, -0.25) is 5.10 Å². The molecule has 0 atom stereocenters. The molecule has 9 heteroatoms. The molecule has 2 aromatic carbocycles. The van der Waals surface area contributed by atoms with Crippen LogP contribution < -0.4 is 9.80 Å². The van der Waals surface area contributed by atoms with E-state index in [-0.39, 0.29) is 0 Å². The number of para-hydroxylation sites is 2. The minimum absolute atomic E-state index is 0.298. The fraction of sp³-hybridized carbons (Fsp3) is 0.148. The molecule has 0 radical (unpaired) electrons. The van der Waals surface area contributed by atoms with Crippen LogP contribution >= 0.6 is 0 Å². The molecule has 1 saturated heterocycles. The van der Waals surface area contributed by atoms with Gasteiger partial charge < -0.3 is 14.9 Å². The van der Waals surface area contributed by atoms with E-state index in [9.17, 15) is 5.11 Å². The molecule has 0 amide bonds. The van der Waals surface area contributed by atoms with Crippen LogP contribution in [0.15, 0.2) is 73.2 Å². The highest BCUT2D eigenvalue weighted by Crippen LogP contribution is 2.28. The molecule has 1 fully saturated rings. The number of piperazine rings is 1. The first kappa shape index (κ1) is 21.6. The Kier molecular flexibility index (Phi) is 5.60. The average Bonchev–Trinajstić information content (AvgIpc) is 3.41. The van der Waals surface area contributed by atoms with Gasteiger partial charge in [0.05, 0.1) is 17.4 Å². The quantitative estimate of drug-likeness (QED) is 0.384. The van der Waals surface area contributed by atoms with Gasteiger partial charge in [-0.15, -0.1) is 0 Å². The van der Waals surface area contributed by atoms with Crippen LogP contribution in [0.25, 0.3) is 22.4 Å². The van der Waals surface area contributed by atoms with Crippen molar-refractivity contribution in [3.63, 3.8) is 0 Å². The van der Waals surface area contributed by atoms with E-state index < -0.39 is 0 Å². The highest BCUT2D eigenvalue weighted by atomic mass is 16.3. The maximum Gasteiger partial charge on any atom is 0.226 e. The molecule has 176 valence electrons. The smallest absolute Gasteiger partial charge is 0.226 e. The minimum Gasteiger partial charge on any atom is -0.506 e. The number of anilines is 2. The molecular weight excluding hydrogens is 452 g/mol. The molecule has 0 aliphatic carbocycles. The van der Waals surface area contributed by atoms with Gasteiger partial charge >= 0.3 is 0 Å². The van der Waals surface area contributed by atoms with Gasteiger partial charge in [0.1, 0.15) is 17.1 Å². The number of aromatic nitrogens is 6. The molecule has 1 aliphatic rings. The van der Waals surface area contributed by atoms with Gasteiger partial charge in [-0.25, -0.2) is 19.9 Å². The first-order chi connectivity index (χ1) is 17.7. The number of hydrogen-bond acceptors (Lipinski definition) is 8. The number of aromatic hydroxyl groups is 1. The highest BCUT2D eigenvalue weighted by molar-refractivity contribution is 5.79. The van der Waals surface area contributed by atoms with Crippen molar-refractivity contribution < 1.29 is 5.11 Å². The second kappa shape index (κ2) is 9.35. The van der Waals surface area contributed by atoms with E-state index in [4.69, 9.17) is 4.98 Å². The number of phenols is 1. The maximum absolute atomic E-state index is 10.2. The number of benzene rings is 2. The molecule has 4 heterocycles. The maximum atomic E-state index is 10.2. The van der Waals surface area contributed by atoms with Crippen molar-refractivity contribution in [2.75, 3.05) is 36.0 Å². The van der Waals surface area contributed by atoms with Gasteiger partial charge in [-0.05, 0) is 48.4 Å². The van der Waals surface area contributed by atoms with Crippen LogP contribution in [0.4, 0.5) is 11.6 Å². The van der Waals surface area contributed by atoms with E-state index in [2.05, 4.69) is 46.8 Å². The van der Waals surface area contributed by atoms with E-state index in [1.807, 2.05) is 36.4 Å². The summed E-state index contributed by atoms with van der Waals surface area (Å²) >= 11 is 0. The lowest BCUT2D eigenvalue weighted by Crippen LogP contribution is -2.47. The summed E-state index contributed by atoms with van der Waals surface area (Å²) in [6, 6.07) is 16.9. The fourth-order valence-electron chi connectivity index (χ4n) is 4.21. The molecule has 3 aromatic heterocycles. The number of nitrogens with zero attached hydrogens (tertiary/aromatic N) is 7. The molecular formula is C27H22N8O. The van der Waals surface area contributed by atoms with E-state index in [0.717, 1.165) is 48.3 Å². The number of hydrogen-bond donors (Lipinski definition) is 2. The van der Waals surface area contributed by atoms with Crippen molar-refractivity contribution in [1.82, 2.24) is 30.1 Å². The Bertz CT molecular complexity index is 1590. The molecule has 0 spiro atoms. The molecule has 1 aliphatic heterocycles. The summed E-state index contributed by atoms with van der Waals surface area (Å²) < 4.78 is 0. The number of phenolic OH excluding ortho intramolecular Hbond substituents is 1. The summed E-state index contributed by atoms with van der Waals surface area (Å²) in [4.78, 5) is 22.5. The third-order valence-electron chi connectivity index (χ3n) is 6.09. The largest absolute Gasteiger partial charge is 0.506 e. The van der Waals surface area contributed by atoms with Crippen molar-refractivity contribution in [2.24, 2.45) is 0 Å². The fourth-order valence-corrected chi connectivity index (χ4v) is 4.21. The van der Waals surface area contributed by atoms with Crippen LogP contribution in [-0.2, 0) is 0 Å². The summed E-state index contributed by atoms with van der Waals surface area (Å²) in [5, 5.41) is 18.2. The standard InChI is InChI=1S/C27H22N8O/c36-25-4-2-1-3-24(25)34-13-15-35(16-14-34)27-29-12-10-23(32-27)26-28-11-9-21(31-26)7-5-19-6-8-22-20(17-19)18-30-33-22/h1-4,6,8-12,17-18,36H,13-16H2,(H,30,33). The summed E-state index contributed by atoms with van der Waals surface area (Å²) in [7, 11) is 0. The molecule has 36 heavy (non-hydrogen) atoms. The number of nitrogens with one attached hydrogen (secondary N) is 1. The Morgan fingerprint density at radius 1 is 0.833 bits per heavy atom. The van der Waals surface area contributed by atoms with Crippen molar-refractivity contribution in [3.8, 4) is 29.1 Å². The van der Waals surface area contributed by atoms with E-state index >= 15 is 0 Å². The summed E-state index contributed by atoms with van der Waals surface area (Å²) in [5.41, 5.74) is 3.97. The summed E-state index contributed by atoms with van der Waals surface area (Å²) in [5.74, 6) is 7.72. The van der Waals surface area contributed by atoms with Gasteiger partial charge in [0.2, 0.25) is 5.95 Å². The zero-order valence-electron chi connectivity index (χ0n) is 19.3. The monoisotopic (exact) mass is 474 g/mol. The van der Waals surface area contributed by atoms with Crippen LogP contribution in [0.1, 0.15) is 11.3 Å². The normalized spacial score (nSPS) is 13.4. The summed E-state index contributed by atoms with van der Waals surface area (Å²) in [6.45, 7) is 3.00. The average molecular weight is 475 g/mol. The second-order valence-corrected chi connectivity index (χ2v) is 8.39. The van der Waals surface area contributed by atoms with Crippen LogP contribution in [-0.4, -0.2) is 61.4 Å². The predicted octanol–water partition coefficient (Wildman–Crippen LogP) is 3.24.